The van der Waals surface area contributed by atoms with Gasteiger partial charge in [0.1, 0.15) is 0 Å². The van der Waals surface area contributed by atoms with Gasteiger partial charge in [-0.1, -0.05) is 42.0 Å². The van der Waals surface area contributed by atoms with Crippen LogP contribution in [0.3, 0.4) is 0 Å². The van der Waals surface area contributed by atoms with Crippen molar-refractivity contribution >= 4 is 11.8 Å². The molecular weight excluding hydrogens is 188 g/mol. The van der Waals surface area contributed by atoms with E-state index >= 15 is 0 Å². The SMILES string of the molecule is CC1=CC=CC2Sc3ccccc3C12. The van der Waals surface area contributed by atoms with E-state index in [1.165, 1.54) is 16.0 Å². The zero-order valence-electron chi connectivity index (χ0n) is 8.10. The van der Waals surface area contributed by atoms with Crippen molar-refractivity contribution in [1.29, 1.82) is 0 Å². The minimum atomic E-state index is 0.626. The Morgan fingerprint density at radius 3 is 3.00 bits per heavy atom. The topological polar surface area (TPSA) is 0 Å². The van der Waals surface area contributed by atoms with Crippen LogP contribution in [-0.4, -0.2) is 5.25 Å². The average molecular weight is 200 g/mol. The second-order valence-corrected chi connectivity index (χ2v) is 5.11. The number of benzene rings is 1. The predicted molar refractivity (Wildman–Crippen MR) is 61.7 cm³/mol. The van der Waals surface area contributed by atoms with Gasteiger partial charge >= 0.3 is 0 Å². The molecule has 14 heavy (non-hydrogen) atoms. The molecule has 1 aromatic rings. The van der Waals surface area contributed by atoms with Crippen LogP contribution in [-0.2, 0) is 0 Å². The van der Waals surface area contributed by atoms with Crippen molar-refractivity contribution in [3.05, 3.63) is 53.6 Å². The summed E-state index contributed by atoms with van der Waals surface area (Å²) in [5.74, 6) is 0.626. The van der Waals surface area contributed by atoms with Crippen LogP contribution < -0.4 is 0 Å². The van der Waals surface area contributed by atoms with Gasteiger partial charge in [0, 0.05) is 16.1 Å². The highest BCUT2D eigenvalue weighted by molar-refractivity contribution is 8.00. The fraction of sp³-hybridized carbons (Fsp3) is 0.231. The van der Waals surface area contributed by atoms with Gasteiger partial charge in [0.25, 0.3) is 0 Å². The van der Waals surface area contributed by atoms with Crippen LogP contribution in [0.2, 0.25) is 0 Å². The summed E-state index contributed by atoms with van der Waals surface area (Å²) in [4.78, 5) is 1.46. The summed E-state index contributed by atoms with van der Waals surface area (Å²) < 4.78 is 0. The maximum atomic E-state index is 2.32. The van der Waals surface area contributed by atoms with Crippen molar-refractivity contribution < 1.29 is 0 Å². The fourth-order valence-electron chi connectivity index (χ4n) is 2.31. The zero-order valence-corrected chi connectivity index (χ0v) is 8.92. The molecule has 1 heterocycles. The Hall–Kier alpha value is -0.950. The molecule has 0 bridgehead atoms. The molecule has 1 aliphatic heterocycles. The second-order valence-electron chi connectivity index (χ2n) is 3.89. The summed E-state index contributed by atoms with van der Waals surface area (Å²) >= 11 is 2.00. The number of allylic oxidation sites excluding steroid dienone is 3. The van der Waals surface area contributed by atoms with E-state index in [1.54, 1.807) is 0 Å². The third-order valence-corrected chi connectivity index (χ3v) is 4.32. The van der Waals surface area contributed by atoms with Gasteiger partial charge in [0.2, 0.25) is 0 Å². The van der Waals surface area contributed by atoms with Crippen LogP contribution in [0.5, 0.6) is 0 Å². The van der Waals surface area contributed by atoms with Crippen LogP contribution >= 0.6 is 11.8 Å². The van der Waals surface area contributed by atoms with Gasteiger partial charge in [-0.25, -0.2) is 0 Å². The standard InChI is InChI=1S/C13H12S/c1-9-5-4-8-12-13(9)10-6-2-3-7-11(10)14-12/h2-8,12-13H,1H3. The Bertz CT molecular complexity index is 429. The molecule has 1 heteroatoms. The first-order valence-electron chi connectivity index (χ1n) is 4.97. The summed E-state index contributed by atoms with van der Waals surface area (Å²) in [5.41, 5.74) is 3.01. The van der Waals surface area contributed by atoms with Gasteiger partial charge in [-0.2, -0.15) is 0 Å². The van der Waals surface area contributed by atoms with Gasteiger partial charge in [0.05, 0.1) is 0 Å². The number of hydrogen-bond acceptors (Lipinski definition) is 1. The van der Waals surface area contributed by atoms with E-state index in [4.69, 9.17) is 0 Å². The molecule has 3 rings (SSSR count). The van der Waals surface area contributed by atoms with Crippen LogP contribution in [0, 0.1) is 0 Å². The highest BCUT2D eigenvalue weighted by Gasteiger charge is 2.33. The minimum absolute atomic E-state index is 0.626. The van der Waals surface area contributed by atoms with Crippen molar-refractivity contribution in [2.24, 2.45) is 0 Å². The van der Waals surface area contributed by atoms with E-state index in [1.807, 2.05) is 11.8 Å². The van der Waals surface area contributed by atoms with Crippen molar-refractivity contribution in [3.63, 3.8) is 0 Å². The van der Waals surface area contributed by atoms with E-state index in [2.05, 4.69) is 49.4 Å². The molecule has 2 atom stereocenters. The largest absolute Gasteiger partial charge is 0.117 e. The quantitative estimate of drug-likeness (QED) is 0.614. The van der Waals surface area contributed by atoms with Crippen LogP contribution in [0.4, 0.5) is 0 Å². The monoisotopic (exact) mass is 200 g/mol. The first-order chi connectivity index (χ1) is 6.86. The summed E-state index contributed by atoms with van der Waals surface area (Å²) in [7, 11) is 0. The van der Waals surface area contributed by atoms with Gasteiger partial charge in [-0.15, -0.1) is 11.8 Å². The Morgan fingerprint density at radius 1 is 1.21 bits per heavy atom. The van der Waals surface area contributed by atoms with Crippen LogP contribution in [0.15, 0.2) is 53.0 Å². The highest BCUT2D eigenvalue weighted by Crippen LogP contribution is 2.50. The molecule has 1 aromatic carbocycles. The van der Waals surface area contributed by atoms with Crippen LogP contribution in [0.1, 0.15) is 18.4 Å². The predicted octanol–water partition coefficient (Wildman–Crippen LogP) is 3.76. The lowest BCUT2D eigenvalue weighted by atomic mass is 9.86. The molecule has 0 fully saturated rings. The van der Waals surface area contributed by atoms with E-state index in [0.717, 1.165) is 0 Å². The summed E-state index contributed by atoms with van der Waals surface area (Å²) in [6.45, 7) is 2.24. The summed E-state index contributed by atoms with van der Waals surface area (Å²) in [6, 6.07) is 8.78. The Kier molecular flexibility index (Phi) is 1.81. The van der Waals surface area contributed by atoms with Gasteiger partial charge in [-0.05, 0) is 18.6 Å². The lowest BCUT2D eigenvalue weighted by Gasteiger charge is -2.20. The Labute approximate surface area is 88.7 Å². The number of rotatable bonds is 0. The first-order valence-corrected chi connectivity index (χ1v) is 5.85. The summed E-state index contributed by atoms with van der Waals surface area (Å²) in [6.07, 6.45) is 6.75. The third-order valence-electron chi connectivity index (χ3n) is 3.00. The molecule has 1 aliphatic carbocycles. The molecule has 0 aromatic heterocycles. The lowest BCUT2D eigenvalue weighted by Crippen LogP contribution is -2.11. The van der Waals surface area contributed by atoms with Crippen molar-refractivity contribution in [2.75, 3.05) is 0 Å². The molecule has 70 valence electrons. The second kappa shape index (κ2) is 3.03. The molecule has 0 amide bonds. The number of fused-ring (bicyclic) bond motifs is 3. The Balaban J connectivity index is 2.14. The molecule has 0 radical (unpaired) electrons. The van der Waals surface area contributed by atoms with Crippen molar-refractivity contribution in [2.45, 2.75) is 23.0 Å². The number of thioether (sulfide) groups is 1. The van der Waals surface area contributed by atoms with Crippen molar-refractivity contribution in [1.82, 2.24) is 0 Å². The first kappa shape index (κ1) is 8.37. The molecule has 0 N–H and O–H groups in total. The Morgan fingerprint density at radius 2 is 2.07 bits per heavy atom. The molecule has 0 saturated heterocycles. The van der Waals surface area contributed by atoms with Crippen LogP contribution in [0.25, 0.3) is 0 Å². The van der Waals surface area contributed by atoms with Gasteiger partial charge in [-0.3, -0.25) is 0 Å². The average Bonchev–Trinajstić information content (AvgIpc) is 2.57. The van der Waals surface area contributed by atoms with E-state index in [0.29, 0.717) is 11.2 Å². The fourth-order valence-corrected chi connectivity index (χ4v) is 3.76. The van der Waals surface area contributed by atoms with Gasteiger partial charge < -0.3 is 0 Å². The van der Waals surface area contributed by atoms with E-state index in [9.17, 15) is 0 Å². The van der Waals surface area contributed by atoms with Gasteiger partial charge in [0.15, 0.2) is 0 Å². The third kappa shape index (κ3) is 1.09. The molecule has 2 aliphatic rings. The van der Waals surface area contributed by atoms with E-state index in [-0.39, 0.29) is 0 Å². The summed E-state index contributed by atoms with van der Waals surface area (Å²) in [5, 5.41) is 0.636. The minimum Gasteiger partial charge on any atom is -0.117 e. The zero-order chi connectivity index (χ0) is 9.54. The number of hydrogen-bond donors (Lipinski definition) is 0. The lowest BCUT2D eigenvalue weighted by molar-refractivity contribution is 0.821. The molecule has 0 spiro atoms. The maximum absolute atomic E-state index is 2.32. The normalized spacial score (nSPS) is 28.2. The smallest absolute Gasteiger partial charge is 0.0384 e. The van der Waals surface area contributed by atoms with E-state index < -0.39 is 0 Å². The molecule has 0 nitrogen and oxygen atoms in total. The maximum Gasteiger partial charge on any atom is 0.0384 e. The van der Waals surface area contributed by atoms with Crippen molar-refractivity contribution in [3.8, 4) is 0 Å². The molecule has 2 unspecified atom stereocenters. The molecule has 0 saturated carbocycles. The highest BCUT2D eigenvalue weighted by atomic mass is 32.2. The molecular formula is C13H12S.